The summed E-state index contributed by atoms with van der Waals surface area (Å²) in [5.74, 6) is 0.122. The van der Waals surface area contributed by atoms with E-state index in [1.165, 1.54) is 4.52 Å². The number of aryl methyl sites for hydroxylation is 1. The van der Waals surface area contributed by atoms with Crippen molar-refractivity contribution in [2.75, 3.05) is 18.0 Å². The maximum absolute atomic E-state index is 12.8. The molecule has 2 aromatic rings. The van der Waals surface area contributed by atoms with E-state index in [1.54, 1.807) is 13.0 Å². The fourth-order valence-corrected chi connectivity index (χ4v) is 2.55. The number of piperidine rings is 1. The Hall–Kier alpha value is -1.86. The second kappa shape index (κ2) is 4.85. The molecule has 1 fully saturated rings. The van der Waals surface area contributed by atoms with E-state index in [2.05, 4.69) is 26.9 Å². The highest BCUT2D eigenvalue weighted by atomic mass is 19.4. The van der Waals surface area contributed by atoms with E-state index in [9.17, 15) is 13.2 Å². The molecule has 0 aromatic carbocycles. The summed E-state index contributed by atoms with van der Waals surface area (Å²) in [6.07, 6.45) is -2.53. The molecule has 2 aromatic heterocycles. The molecule has 0 aliphatic carbocycles. The normalized spacial score (nSPS) is 17.7. The van der Waals surface area contributed by atoms with Crippen molar-refractivity contribution >= 4 is 11.6 Å². The van der Waals surface area contributed by atoms with Gasteiger partial charge in [0, 0.05) is 24.8 Å². The van der Waals surface area contributed by atoms with Gasteiger partial charge in [-0.1, -0.05) is 6.92 Å². The summed E-state index contributed by atoms with van der Waals surface area (Å²) >= 11 is 0. The van der Waals surface area contributed by atoms with Crippen LogP contribution in [0.3, 0.4) is 0 Å². The van der Waals surface area contributed by atoms with Gasteiger partial charge < -0.3 is 4.90 Å². The van der Waals surface area contributed by atoms with E-state index >= 15 is 0 Å². The van der Waals surface area contributed by atoms with Gasteiger partial charge in [0.2, 0.25) is 0 Å². The van der Waals surface area contributed by atoms with Crippen molar-refractivity contribution in [3.63, 3.8) is 0 Å². The molecule has 0 radical (unpaired) electrons. The van der Waals surface area contributed by atoms with Crippen LogP contribution in [0, 0.1) is 12.8 Å². The molecule has 0 amide bonds. The highest BCUT2D eigenvalue weighted by Gasteiger charge is 2.37. The lowest BCUT2D eigenvalue weighted by atomic mass is 9.99. The highest BCUT2D eigenvalue weighted by Crippen LogP contribution is 2.28. The minimum atomic E-state index is -4.56. The van der Waals surface area contributed by atoms with E-state index in [-0.39, 0.29) is 5.78 Å². The molecule has 1 aliphatic heterocycles. The number of rotatable bonds is 1. The van der Waals surface area contributed by atoms with Gasteiger partial charge in [0.1, 0.15) is 5.82 Å². The van der Waals surface area contributed by atoms with E-state index in [4.69, 9.17) is 0 Å². The van der Waals surface area contributed by atoms with Crippen molar-refractivity contribution in [3.05, 3.63) is 17.6 Å². The van der Waals surface area contributed by atoms with Gasteiger partial charge >= 0.3 is 6.18 Å². The number of fused-ring (bicyclic) bond motifs is 1. The molecule has 0 saturated carbocycles. The smallest absolute Gasteiger partial charge is 0.356 e. The van der Waals surface area contributed by atoms with Gasteiger partial charge in [0.05, 0.1) is 0 Å². The first kappa shape index (κ1) is 14.1. The minimum Gasteiger partial charge on any atom is -0.356 e. The zero-order chi connectivity index (χ0) is 15.2. The highest BCUT2D eigenvalue weighted by molar-refractivity contribution is 5.48. The fraction of sp³-hybridized carbons (Fsp3) is 0.615. The lowest BCUT2D eigenvalue weighted by Gasteiger charge is -2.31. The Kier molecular flexibility index (Phi) is 3.26. The van der Waals surface area contributed by atoms with Crippen molar-refractivity contribution in [2.45, 2.75) is 32.9 Å². The monoisotopic (exact) mass is 299 g/mol. The maximum atomic E-state index is 12.8. The van der Waals surface area contributed by atoms with Crippen molar-refractivity contribution in [1.29, 1.82) is 0 Å². The van der Waals surface area contributed by atoms with Crippen LogP contribution in [0.4, 0.5) is 19.0 Å². The van der Waals surface area contributed by atoms with Gasteiger partial charge in [-0.15, -0.1) is 5.10 Å². The third-order valence-electron chi connectivity index (χ3n) is 3.78. The van der Waals surface area contributed by atoms with Crippen LogP contribution in [0.5, 0.6) is 0 Å². The molecule has 0 atom stereocenters. The molecular weight excluding hydrogens is 283 g/mol. The molecule has 3 rings (SSSR count). The molecule has 3 heterocycles. The largest absolute Gasteiger partial charge is 0.453 e. The Morgan fingerprint density at radius 3 is 2.48 bits per heavy atom. The van der Waals surface area contributed by atoms with Gasteiger partial charge in [-0.25, -0.2) is 4.98 Å². The number of nitrogens with zero attached hydrogens (tertiary/aromatic N) is 5. The average Bonchev–Trinajstić information content (AvgIpc) is 2.82. The molecule has 0 spiro atoms. The number of aromatic nitrogens is 4. The lowest BCUT2D eigenvalue weighted by Crippen LogP contribution is -2.34. The molecule has 8 heteroatoms. The summed E-state index contributed by atoms with van der Waals surface area (Å²) in [7, 11) is 0. The van der Waals surface area contributed by atoms with Crippen molar-refractivity contribution in [2.24, 2.45) is 5.92 Å². The summed E-state index contributed by atoms with van der Waals surface area (Å²) in [5.41, 5.74) is 0.636. The van der Waals surface area contributed by atoms with Crippen LogP contribution in [0.2, 0.25) is 0 Å². The predicted molar refractivity (Wildman–Crippen MR) is 71.1 cm³/mol. The van der Waals surface area contributed by atoms with Crippen LogP contribution >= 0.6 is 0 Å². The lowest BCUT2D eigenvalue weighted by molar-refractivity contribution is -0.144. The van der Waals surface area contributed by atoms with E-state index < -0.39 is 12.0 Å². The van der Waals surface area contributed by atoms with Crippen molar-refractivity contribution in [3.8, 4) is 0 Å². The average molecular weight is 299 g/mol. The van der Waals surface area contributed by atoms with Crippen LogP contribution in [0.15, 0.2) is 6.07 Å². The number of halogens is 3. The van der Waals surface area contributed by atoms with Crippen molar-refractivity contribution < 1.29 is 13.2 Å². The quantitative estimate of drug-likeness (QED) is 0.812. The predicted octanol–water partition coefficient (Wildman–Crippen LogP) is 2.69. The van der Waals surface area contributed by atoms with Gasteiger partial charge in [-0.05, 0) is 25.7 Å². The summed E-state index contributed by atoms with van der Waals surface area (Å²) in [6.45, 7) is 5.54. The first-order chi connectivity index (χ1) is 9.84. The standard InChI is InChI=1S/C13H16F3N5/c1-8-3-5-20(6-4-8)10-7-9(2)17-12-18-11(13(14,15)16)19-21(10)12/h7-8H,3-6H2,1-2H3. The van der Waals surface area contributed by atoms with Gasteiger partial charge in [-0.3, -0.25) is 0 Å². The van der Waals surface area contributed by atoms with Gasteiger partial charge in [-0.2, -0.15) is 22.7 Å². The third-order valence-corrected chi connectivity index (χ3v) is 3.78. The SMILES string of the molecule is Cc1cc(N2CCC(C)CC2)n2nc(C(F)(F)F)nc2n1. The number of hydrogen-bond acceptors (Lipinski definition) is 4. The van der Waals surface area contributed by atoms with Crippen LogP contribution in [0.25, 0.3) is 5.78 Å². The third kappa shape index (κ3) is 2.66. The number of hydrogen-bond donors (Lipinski definition) is 0. The fourth-order valence-electron chi connectivity index (χ4n) is 2.55. The first-order valence-electron chi connectivity index (χ1n) is 6.91. The Balaban J connectivity index is 2.07. The van der Waals surface area contributed by atoms with E-state index in [0.29, 0.717) is 17.4 Å². The second-order valence-electron chi connectivity index (χ2n) is 5.57. The van der Waals surface area contributed by atoms with Crippen LogP contribution in [-0.2, 0) is 6.18 Å². The Labute approximate surface area is 119 Å². The Bertz CT molecular complexity index is 656. The molecule has 1 aliphatic rings. The van der Waals surface area contributed by atoms with Crippen molar-refractivity contribution in [1.82, 2.24) is 19.6 Å². The molecule has 5 nitrogen and oxygen atoms in total. The van der Waals surface area contributed by atoms with Gasteiger partial charge in [0.25, 0.3) is 11.6 Å². The van der Waals surface area contributed by atoms with E-state index in [0.717, 1.165) is 25.9 Å². The molecule has 1 saturated heterocycles. The van der Waals surface area contributed by atoms with Gasteiger partial charge in [0.15, 0.2) is 0 Å². The number of alkyl halides is 3. The van der Waals surface area contributed by atoms with Crippen LogP contribution in [-0.4, -0.2) is 32.7 Å². The molecule has 114 valence electrons. The minimum absolute atomic E-state index is 0.00375. The zero-order valence-electron chi connectivity index (χ0n) is 11.9. The zero-order valence-corrected chi connectivity index (χ0v) is 11.9. The second-order valence-corrected chi connectivity index (χ2v) is 5.57. The first-order valence-corrected chi connectivity index (χ1v) is 6.91. The molecule has 21 heavy (non-hydrogen) atoms. The summed E-state index contributed by atoms with van der Waals surface area (Å²) < 4.78 is 39.5. The molecule has 0 unspecified atom stereocenters. The summed E-state index contributed by atoms with van der Waals surface area (Å²) in [5, 5.41) is 3.60. The molecular formula is C13H16F3N5. The molecule has 0 bridgehead atoms. The summed E-state index contributed by atoms with van der Waals surface area (Å²) in [6, 6.07) is 1.76. The van der Waals surface area contributed by atoms with Crippen LogP contribution in [0.1, 0.15) is 31.3 Å². The topological polar surface area (TPSA) is 46.3 Å². The molecule has 0 N–H and O–H groups in total. The maximum Gasteiger partial charge on any atom is 0.453 e. The Morgan fingerprint density at radius 2 is 1.86 bits per heavy atom. The number of anilines is 1. The Morgan fingerprint density at radius 1 is 1.19 bits per heavy atom. The summed E-state index contributed by atoms with van der Waals surface area (Å²) in [4.78, 5) is 9.60. The van der Waals surface area contributed by atoms with Crippen LogP contribution < -0.4 is 4.90 Å². The van der Waals surface area contributed by atoms with E-state index in [1.807, 2.05) is 0 Å².